The summed E-state index contributed by atoms with van der Waals surface area (Å²) < 4.78 is 15.8. The van der Waals surface area contributed by atoms with Crippen molar-refractivity contribution in [2.45, 2.75) is 6.61 Å². The van der Waals surface area contributed by atoms with Gasteiger partial charge in [0, 0.05) is 10.6 Å². The van der Waals surface area contributed by atoms with Crippen LogP contribution in [0.25, 0.3) is 11.5 Å². The quantitative estimate of drug-likeness (QED) is 0.656. The van der Waals surface area contributed by atoms with E-state index >= 15 is 0 Å². The lowest BCUT2D eigenvalue weighted by Gasteiger charge is -2.06. The molecule has 0 radical (unpaired) electrons. The van der Waals surface area contributed by atoms with E-state index < -0.39 is 5.97 Å². The van der Waals surface area contributed by atoms with Crippen LogP contribution in [-0.2, 0) is 11.3 Å². The summed E-state index contributed by atoms with van der Waals surface area (Å²) in [5.74, 6) is 0.437. The summed E-state index contributed by atoms with van der Waals surface area (Å²) in [6, 6.07) is 13.8. The molecule has 0 fully saturated rings. The number of aromatic nitrogens is 2. The molecule has 0 aliphatic carbocycles. The van der Waals surface area contributed by atoms with Gasteiger partial charge in [0.25, 0.3) is 5.89 Å². The maximum atomic E-state index is 12.1. The molecule has 0 aliphatic heterocycles. The highest BCUT2D eigenvalue weighted by Crippen LogP contribution is 2.21. The van der Waals surface area contributed by atoms with Crippen LogP contribution in [-0.4, -0.2) is 23.3 Å². The highest BCUT2D eigenvalue weighted by atomic mass is 35.5. The zero-order chi connectivity index (χ0) is 16.9. The van der Waals surface area contributed by atoms with Gasteiger partial charge in [-0.05, 0) is 36.4 Å². The van der Waals surface area contributed by atoms with Crippen LogP contribution >= 0.6 is 11.6 Å². The Bertz CT molecular complexity index is 846. The largest absolute Gasteiger partial charge is 0.496 e. The fourth-order valence-corrected chi connectivity index (χ4v) is 2.17. The Morgan fingerprint density at radius 3 is 2.62 bits per heavy atom. The fraction of sp³-hybridized carbons (Fsp3) is 0.118. The molecule has 1 heterocycles. The molecule has 0 spiro atoms. The van der Waals surface area contributed by atoms with Gasteiger partial charge in [0.2, 0.25) is 5.89 Å². The lowest BCUT2D eigenvalue weighted by Crippen LogP contribution is -2.07. The molecule has 0 aliphatic rings. The van der Waals surface area contributed by atoms with Crippen LogP contribution in [0.1, 0.15) is 16.2 Å². The van der Waals surface area contributed by atoms with E-state index in [9.17, 15) is 4.79 Å². The molecule has 6 nitrogen and oxygen atoms in total. The summed E-state index contributed by atoms with van der Waals surface area (Å²) in [4.78, 5) is 12.1. The van der Waals surface area contributed by atoms with Crippen molar-refractivity contribution in [1.82, 2.24) is 10.2 Å². The molecule has 1 aromatic heterocycles. The molecule has 0 atom stereocenters. The molecule has 0 unspecified atom stereocenters. The van der Waals surface area contributed by atoms with E-state index in [4.69, 9.17) is 25.5 Å². The topological polar surface area (TPSA) is 74.5 Å². The number of carbonyl (C=O) groups excluding carboxylic acids is 1. The van der Waals surface area contributed by atoms with Gasteiger partial charge in [0.15, 0.2) is 6.61 Å². The second-order valence-corrected chi connectivity index (χ2v) is 5.22. The van der Waals surface area contributed by atoms with Crippen LogP contribution < -0.4 is 4.74 Å². The van der Waals surface area contributed by atoms with Gasteiger partial charge in [-0.2, -0.15) is 0 Å². The number of benzene rings is 2. The van der Waals surface area contributed by atoms with E-state index in [1.54, 1.807) is 48.5 Å². The molecular weight excluding hydrogens is 332 g/mol. The lowest BCUT2D eigenvalue weighted by molar-refractivity contribution is 0.0435. The van der Waals surface area contributed by atoms with Gasteiger partial charge < -0.3 is 13.9 Å². The van der Waals surface area contributed by atoms with Crippen molar-refractivity contribution in [1.29, 1.82) is 0 Å². The van der Waals surface area contributed by atoms with Gasteiger partial charge in [0.05, 0.1) is 7.11 Å². The van der Waals surface area contributed by atoms with Gasteiger partial charge in [-0.3, -0.25) is 0 Å². The molecule has 0 amide bonds. The minimum Gasteiger partial charge on any atom is -0.496 e. The third-order valence-corrected chi connectivity index (χ3v) is 3.46. The minimum absolute atomic E-state index is 0.128. The highest BCUT2D eigenvalue weighted by molar-refractivity contribution is 6.30. The monoisotopic (exact) mass is 344 g/mol. The Labute approximate surface area is 143 Å². The van der Waals surface area contributed by atoms with Gasteiger partial charge in [0.1, 0.15) is 11.3 Å². The smallest absolute Gasteiger partial charge is 0.342 e. The Morgan fingerprint density at radius 1 is 1.12 bits per heavy atom. The number of nitrogens with zero attached hydrogens (tertiary/aromatic N) is 2. The molecular formula is C17H13ClN2O4. The zero-order valence-electron chi connectivity index (χ0n) is 12.7. The van der Waals surface area contributed by atoms with Crippen LogP contribution in [0.5, 0.6) is 5.75 Å². The molecule has 7 heteroatoms. The number of methoxy groups -OCH3 is 1. The number of rotatable bonds is 5. The number of carbonyl (C=O) groups is 1. The van der Waals surface area contributed by atoms with Crippen molar-refractivity contribution < 1.29 is 18.7 Å². The normalized spacial score (nSPS) is 10.4. The first-order valence-corrected chi connectivity index (χ1v) is 7.43. The predicted molar refractivity (Wildman–Crippen MR) is 86.9 cm³/mol. The molecule has 24 heavy (non-hydrogen) atoms. The first kappa shape index (κ1) is 16.0. The molecule has 3 rings (SSSR count). The maximum absolute atomic E-state index is 12.1. The second kappa shape index (κ2) is 7.14. The first-order valence-electron chi connectivity index (χ1n) is 7.06. The van der Waals surface area contributed by atoms with Crippen LogP contribution in [0.2, 0.25) is 5.02 Å². The third-order valence-electron chi connectivity index (χ3n) is 3.21. The van der Waals surface area contributed by atoms with E-state index in [2.05, 4.69) is 10.2 Å². The number of halogens is 1. The van der Waals surface area contributed by atoms with Crippen LogP contribution in [0.3, 0.4) is 0 Å². The van der Waals surface area contributed by atoms with Crippen molar-refractivity contribution in [3.63, 3.8) is 0 Å². The summed E-state index contributed by atoms with van der Waals surface area (Å²) in [5, 5.41) is 8.40. The van der Waals surface area contributed by atoms with Crippen molar-refractivity contribution in [2.24, 2.45) is 0 Å². The predicted octanol–water partition coefficient (Wildman–Crippen LogP) is 3.76. The van der Waals surface area contributed by atoms with E-state index in [0.717, 1.165) is 5.56 Å². The van der Waals surface area contributed by atoms with E-state index in [1.807, 2.05) is 0 Å². The van der Waals surface area contributed by atoms with Crippen molar-refractivity contribution in [3.8, 4) is 17.2 Å². The SMILES string of the molecule is COc1ccccc1C(=O)OCc1nnc(-c2ccc(Cl)cc2)o1. The van der Waals surface area contributed by atoms with Gasteiger partial charge in [-0.1, -0.05) is 23.7 Å². The molecule has 0 bridgehead atoms. The molecule has 3 aromatic rings. The van der Waals surface area contributed by atoms with Gasteiger partial charge >= 0.3 is 5.97 Å². The highest BCUT2D eigenvalue weighted by Gasteiger charge is 2.15. The summed E-state index contributed by atoms with van der Waals surface area (Å²) in [5.41, 5.74) is 1.06. The number of hydrogen-bond donors (Lipinski definition) is 0. The number of para-hydroxylation sites is 1. The Balaban J connectivity index is 1.67. The maximum Gasteiger partial charge on any atom is 0.342 e. The van der Waals surface area contributed by atoms with Crippen molar-refractivity contribution in [3.05, 3.63) is 65.0 Å². The van der Waals surface area contributed by atoms with Crippen LogP contribution in [0, 0.1) is 0 Å². The lowest BCUT2D eigenvalue weighted by atomic mass is 10.2. The zero-order valence-corrected chi connectivity index (χ0v) is 13.5. The first-order chi connectivity index (χ1) is 11.7. The van der Waals surface area contributed by atoms with E-state index in [0.29, 0.717) is 22.2 Å². The van der Waals surface area contributed by atoms with Crippen LogP contribution in [0.15, 0.2) is 52.9 Å². The molecule has 2 aromatic carbocycles. The summed E-state index contributed by atoms with van der Waals surface area (Å²) in [7, 11) is 1.49. The minimum atomic E-state index is -0.529. The molecule has 0 saturated heterocycles. The fourth-order valence-electron chi connectivity index (χ4n) is 2.04. The van der Waals surface area contributed by atoms with Gasteiger partial charge in [-0.15, -0.1) is 10.2 Å². The number of hydrogen-bond acceptors (Lipinski definition) is 6. The Morgan fingerprint density at radius 2 is 1.88 bits per heavy atom. The Hall–Kier alpha value is -2.86. The second-order valence-electron chi connectivity index (χ2n) is 4.78. The number of esters is 1. The molecule has 122 valence electrons. The Kier molecular flexibility index (Phi) is 4.77. The number of ether oxygens (including phenoxy) is 2. The average Bonchev–Trinajstić information content (AvgIpc) is 3.09. The van der Waals surface area contributed by atoms with Crippen molar-refractivity contribution >= 4 is 17.6 Å². The third kappa shape index (κ3) is 3.55. The molecule has 0 N–H and O–H groups in total. The van der Waals surface area contributed by atoms with E-state index in [-0.39, 0.29) is 12.5 Å². The summed E-state index contributed by atoms with van der Waals surface area (Å²) >= 11 is 5.84. The van der Waals surface area contributed by atoms with Gasteiger partial charge in [-0.25, -0.2) is 4.79 Å². The standard InChI is InChI=1S/C17H13ClN2O4/c1-22-14-5-3-2-4-13(14)17(21)23-10-15-19-20-16(24-15)11-6-8-12(18)9-7-11/h2-9H,10H2,1H3. The average molecular weight is 345 g/mol. The van der Waals surface area contributed by atoms with E-state index in [1.165, 1.54) is 7.11 Å². The summed E-state index contributed by atoms with van der Waals surface area (Å²) in [6.07, 6.45) is 0. The van der Waals surface area contributed by atoms with Crippen LogP contribution in [0.4, 0.5) is 0 Å². The summed E-state index contributed by atoms with van der Waals surface area (Å²) in [6.45, 7) is -0.128. The molecule has 0 saturated carbocycles. The van der Waals surface area contributed by atoms with Crippen molar-refractivity contribution in [2.75, 3.05) is 7.11 Å².